The molecule has 0 saturated carbocycles. The van der Waals surface area contributed by atoms with E-state index in [1.807, 2.05) is 0 Å². The minimum Gasteiger partial charge on any atom is -0.348 e. The Kier molecular flexibility index (Phi) is 5.09. The van der Waals surface area contributed by atoms with Crippen LogP contribution in [-0.4, -0.2) is 25.6 Å². The molecule has 0 bridgehead atoms. The monoisotopic (exact) mass is 387 g/mol. The fourth-order valence-corrected chi connectivity index (χ4v) is 3.31. The molecular weight excluding hydrogens is 369 g/mol. The third-order valence-corrected chi connectivity index (χ3v) is 4.56. The van der Waals surface area contributed by atoms with E-state index in [2.05, 4.69) is 15.0 Å². The van der Waals surface area contributed by atoms with Crippen LogP contribution in [0.2, 0.25) is 0 Å². The van der Waals surface area contributed by atoms with Crippen LogP contribution in [0.15, 0.2) is 48.5 Å². The summed E-state index contributed by atoms with van der Waals surface area (Å²) in [4.78, 5) is 16.9. The van der Waals surface area contributed by atoms with Gasteiger partial charge in [-0.25, -0.2) is 12.8 Å². The van der Waals surface area contributed by atoms with E-state index >= 15 is 0 Å². The molecule has 0 fully saturated rings. The van der Waals surface area contributed by atoms with Crippen LogP contribution in [0.5, 0.6) is 0 Å². The molecule has 3 rings (SSSR count). The standard InChI is InChI=1S/C19H18FN3O3S/c1-12-16(9-13-7-8-15(20)10-18(13)22-12)19(24)21-11-14-5-3-4-6-17(14)23-27(2,25)26/h3-10,23H,11H2,1-2H3,(H,21,24). The predicted molar refractivity (Wildman–Crippen MR) is 103 cm³/mol. The summed E-state index contributed by atoms with van der Waals surface area (Å²) < 4.78 is 38.7. The number of hydrogen-bond donors (Lipinski definition) is 2. The van der Waals surface area contributed by atoms with Crippen molar-refractivity contribution in [1.29, 1.82) is 0 Å². The maximum absolute atomic E-state index is 13.3. The van der Waals surface area contributed by atoms with E-state index in [0.717, 1.165) is 6.26 Å². The van der Waals surface area contributed by atoms with Gasteiger partial charge in [0.2, 0.25) is 10.0 Å². The number of aromatic nitrogens is 1. The van der Waals surface area contributed by atoms with Gasteiger partial charge in [0, 0.05) is 18.0 Å². The van der Waals surface area contributed by atoms with Crippen molar-refractivity contribution in [3.05, 3.63) is 71.2 Å². The Morgan fingerprint density at radius 1 is 1.15 bits per heavy atom. The first-order chi connectivity index (χ1) is 12.7. The van der Waals surface area contributed by atoms with Gasteiger partial charge in [0.15, 0.2) is 0 Å². The quantitative estimate of drug-likeness (QED) is 0.704. The highest BCUT2D eigenvalue weighted by atomic mass is 32.2. The molecule has 2 N–H and O–H groups in total. The predicted octanol–water partition coefficient (Wildman–Crippen LogP) is 2.98. The van der Waals surface area contributed by atoms with Gasteiger partial charge in [-0.05, 0) is 36.8 Å². The fourth-order valence-electron chi connectivity index (χ4n) is 2.71. The molecule has 1 aromatic heterocycles. The zero-order chi connectivity index (χ0) is 19.6. The highest BCUT2D eigenvalue weighted by molar-refractivity contribution is 7.92. The third kappa shape index (κ3) is 4.59. The molecule has 0 radical (unpaired) electrons. The van der Waals surface area contributed by atoms with Crippen molar-refractivity contribution in [3.63, 3.8) is 0 Å². The largest absolute Gasteiger partial charge is 0.348 e. The lowest BCUT2D eigenvalue weighted by molar-refractivity contribution is 0.0950. The number of rotatable bonds is 5. The molecule has 140 valence electrons. The van der Waals surface area contributed by atoms with Gasteiger partial charge in [0.1, 0.15) is 5.82 Å². The number of carbonyl (C=O) groups is 1. The Morgan fingerprint density at radius 2 is 1.89 bits per heavy atom. The zero-order valence-corrected chi connectivity index (χ0v) is 15.6. The van der Waals surface area contributed by atoms with Crippen molar-refractivity contribution < 1.29 is 17.6 Å². The number of halogens is 1. The molecule has 1 heterocycles. The number of fused-ring (bicyclic) bond motifs is 1. The molecule has 0 aliphatic heterocycles. The molecule has 0 atom stereocenters. The number of nitrogens with zero attached hydrogens (tertiary/aromatic N) is 1. The average Bonchev–Trinajstić information content (AvgIpc) is 2.58. The second-order valence-corrected chi connectivity index (χ2v) is 7.92. The van der Waals surface area contributed by atoms with Crippen LogP contribution in [-0.2, 0) is 16.6 Å². The average molecular weight is 387 g/mol. The normalized spacial score (nSPS) is 11.4. The van der Waals surface area contributed by atoms with Crippen molar-refractivity contribution >= 4 is 32.5 Å². The minimum absolute atomic E-state index is 0.137. The van der Waals surface area contributed by atoms with Crippen LogP contribution in [0.1, 0.15) is 21.6 Å². The maximum Gasteiger partial charge on any atom is 0.253 e. The van der Waals surface area contributed by atoms with Crippen LogP contribution in [0.3, 0.4) is 0 Å². The van der Waals surface area contributed by atoms with Gasteiger partial charge in [-0.3, -0.25) is 14.5 Å². The van der Waals surface area contributed by atoms with E-state index in [9.17, 15) is 17.6 Å². The van der Waals surface area contributed by atoms with Crippen LogP contribution in [0.25, 0.3) is 10.9 Å². The van der Waals surface area contributed by atoms with Gasteiger partial charge >= 0.3 is 0 Å². The first kappa shape index (κ1) is 18.8. The minimum atomic E-state index is -3.43. The van der Waals surface area contributed by atoms with E-state index in [1.54, 1.807) is 43.3 Å². The number of sulfonamides is 1. The number of nitrogens with one attached hydrogen (secondary N) is 2. The number of aryl methyl sites for hydroxylation is 1. The number of carbonyl (C=O) groups excluding carboxylic acids is 1. The summed E-state index contributed by atoms with van der Waals surface area (Å²) in [5.74, 6) is -0.734. The maximum atomic E-state index is 13.3. The van der Waals surface area contributed by atoms with E-state index in [-0.39, 0.29) is 18.3 Å². The summed E-state index contributed by atoms with van der Waals surface area (Å²) in [6.45, 7) is 1.82. The molecule has 0 spiro atoms. The fraction of sp³-hybridized carbons (Fsp3) is 0.158. The summed E-state index contributed by atoms with van der Waals surface area (Å²) in [5, 5.41) is 3.43. The molecule has 0 aliphatic carbocycles. The second-order valence-electron chi connectivity index (χ2n) is 6.17. The van der Waals surface area contributed by atoms with Crippen LogP contribution >= 0.6 is 0 Å². The number of benzene rings is 2. The van der Waals surface area contributed by atoms with Crippen molar-refractivity contribution in [2.45, 2.75) is 13.5 Å². The molecular formula is C19H18FN3O3S. The van der Waals surface area contributed by atoms with Gasteiger partial charge < -0.3 is 5.32 Å². The lowest BCUT2D eigenvalue weighted by Gasteiger charge is -2.12. The first-order valence-electron chi connectivity index (χ1n) is 8.14. The van der Waals surface area contributed by atoms with Gasteiger partial charge in [-0.1, -0.05) is 18.2 Å². The molecule has 0 aliphatic rings. The van der Waals surface area contributed by atoms with E-state index in [1.165, 1.54) is 12.1 Å². The Morgan fingerprint density at radius 3 is 2.63 bits per heavy atom. The smallest absolute Gasteiger partial charge is 0.253 e. The number of hydrogen-bond acceptors (Lipinski definition) is 4. The van der Waals surface area contributed by atoms with Crippen molar-refractivity contribution in [2.24, 2.45) is 0 Å². The van der Waals surface area contributed by atoms with Crippen molar-refractivity contribution in [2.75, 3.05) is 11.0 Å². The van der Waals surface area contributed by atoms with Gasteiger partial charge in [0.05, 0.1) is 28.7 Å². The Balaban J connectivity index is 1.82. The molecule has 0 saturated heterocycles. The highest BCUT2D eigenvalue weighted by Crippen LogP contribution is 2.19. The number of pyridine rings is 1. The van der Waals surface area contributed by atoms with Crippen LogP contribution < -0.4 is 10.0 Å². The Labute approximate surface area is 156 Å². The Bertz CT molecular complexity index is 1130. The van der Waals surface area contributed by atoms with Crippen molar-refractivity contribution in [1.82, 2.24) is 10.3 Å². The molecule has 27 heavy (non-hydrogen) atoms. The second kappa shape index (κ2) is 7.32. The lowest BCUT2D eigenvalue weighted by Crippen LogP contribution is -2.25. The molecule has 1 amide bonds. The van der Waals surface area contributed by atoms with E-state index in [0.29, 0.717) is 33.4 Å². The van der Waals surface area contributed by atoms with Gasteiger partial charge in [0.25, 0.3) is 5.91 Å². The summed E-state index contributed by atoms with van der Waals surface area (Å²) in [7, 11) is -3.43. The van der Waals surface area contributed by atoms with Crippen molar-refractivity contribution in [3.8, 4) is 0 Å². The summed E-state index contributed by atoms with van der Waals surface area (Å²) in [6, 6.07) is 12.7. The lowest BCUT2D eigenvalue weighted by atomic mass is 10.1. The highest BCUT2D eigenvalue weighted by Gasteiger charge is 2.13. The van der Waals surface area contributed by atoms with E-state index < -0.39 is 10.0 Å². The third-order valence-electron chi connectivity index (χ3n) is 3.97. The summed E-state index contributed by atoms with van der Waals surface area (Å²) in [6.07, 6.45) is 1.06. The van der Waals surface area contributed by atoms with E-state index in [4.69, 9.17) is 0 Å². The molecule has 8 heteroatoms. The Hall–Kier alpha value is -3.00. The number of amides is 1. The topological polar surface area (TPSA) is 88.2 Å². The number of para-hydroxylation sites is 1. The molecule has 2 aromatic carbocycles. The zero-order valence-electron chi connectivity index (χ0n) is 14.8. The number of anilines is 1. The molecule has 3 aromatic rings. The van der Waals surface area contributed by atoms with Gasteiger partial charge in [-0.2, -0.15) is 0 Å². The first-order valence-corrected chi connectivity index (χ1v) is 10.0. The SMILES string of the molecule is Cc1nc2cc(F)ccc2cc1C(=O)NCc1ccccc1NS(C)(=O)=O. The summed E-state index contributed by atoms with van der Waals surface area (Å²) in [5.41, 5.74) is 2.37. The molecule has 6 nitrogen and oxygen atoms in total. The summed E-state index contributed by atoms with van der Waals surface area (Å²) >= 11 is 0. The van der Waals surface area contributed by atoms with Crippen LogP contribution in [0.4, 0.5) is 10.1 Å². The van der Waals surface area contributed by atoms with Crippen LogP contribution in [0, 0.1) is 12.7 Å². The molecule has 0 unspecified atom stereocenters. The van der Waals surface area contributed by atoms with Gasteiger partial charge in [-0.15, -0.1) is 0 Å².